The largest absolute Gasteiger partial charge is 0.314 e. The van der Waals surface area contributed by atoms with Gasteiger partial charge in [-0.25, -0.2) is 0 Å². The number of hydrogen-bond donors (Lipinski definition) is 1. The second kappa shape index (κ2) is 7.79. The fraction of sp³-hybridized carbons (Fsp3) is 0.938. The summed E-state index contributed by atoms with van der Waals surface area (Å²) in [4.78, 5) is 0. The molecule has 1 aliphatic rings. The Labute approximate surface area is 113 Å². The number of nitrogens with zero attached hydrogens (tertiary/aromatic N) is 1. The molecule has 1 saturated carbocycles. The summed E-state index contributed by atoms with van der Waals surface area (Å²) in [6.07, 6.45) is 10.5. The van der Waals surface area contributed by atoms with Crippen molar-refractivity contribution < 1.29 is 0 Å². The van der Waals surface area contributed by atoms with E-state index in [0.29, 0.717) is 6.04 Å². The highest BCUT2D eigenvalue weighted by Crippen LogP contribution is 2.26. The fourth-order valence-electron chi connectivity index (χ4n) is 2.88. The van der Waals surface area contributed by atoms with Crippen molar-refractivity contribution in [1.82, 2.24) is 5.32 Å². The van der Waals surface area contributed by atoms with Crippen LogP contribution in [0.3, 0.4) is 0 Å². The predicted octanol–water partition coefficient (Wildman–Crippen LogP) is 4.26. The molecule has 0 spiro atoms. The Morgan fingerprint density at radius 3 is 2.50 bits per heavy atom. The lowest BCUT2D eigenvalue weighted by Crippen LogP contribution is -2.35. The van der Waals surface area contributed by atoms with E-state index in [9.17, 15) is 0 Å². The molecule has 0 unspecified atom stereocenters. The van der Waals surface area contributed by atoms with E-state index in [1.807, 2.05) is 13.8 Å². The molecule has 0 aromatic heterocycles. The van der Waals surface area contributed by atoms with Gasteiger partial charge in [-0.05, 0) is 58.9 Å². The monoisotopic (exact) mass is 250 g/mol. The van der Waals surface area contributed by atoms with Crippen LogP contribution >= 0.6 is 0 Å². The van der Waals surface area contributed by atoms with E-state index < -0.39 is 0 Å². The average Bonchev–Trinajstić information content (AvgIpc) is 2.39. The second-order valence-corrected chi connectivity index (χ2v) is 6.59. The summed E-state index contributed by atoms with van der Waals surface area (Å²) in [5.74, 6) is 0.897. The maximum Gasteiger partial charge on any atom is 0.0683 e. The van der Waals surface area contributed by atoms with E-state index in [2.05, 4.69) is 18.3 Å². The van der Waals surface area contributed by atoms with Crippen molar-refractivity contribution in [3.63, 3.8) is 0 Å². The topological polar surface area (TPSA) is 35.8 Å². The first-order valence-electron chi connectivity index (χ1n) is 7.70. The average molecular weight is 250 g/mol. The van der Waals surface area contributed by atoms with Crippen molar-refractivity contribution >= 4 is 0 Å². The highest BCUT2D eigenvalue weighted by atomic mass is 14.9. The highest BCUT2D eigenvalue weighted by Gasteiger charge is 2.19. The Kier molecular flexibility index (Phi) is 6.71. The van der Waals surface area contributed by atoms with Gasteiger partial charge in [0.1, 0.15) is 0 Å². The Bertz CT molecular complexity index is 259. The lowest BCUT2D eigenvalue weighted by molar-refractivity contribution is 0.279. The van der Waals surface area contributed by atoms with Gasteiger partial charge in [-0.1, -0.05) is 25.7 Å². The number of nitriles is 1. The molecule has 0 aromatic rings. The third-order valence-corrected chi connectivity index (χ3v) is 4.35. The first kappa shape index (κ1) is 15.5. The minimum Gasteiger partial charge on any atom is -0.314 e. The number of hydrogen-bond acceptors (Lipinski definition) is 2. The lowest BCUT2D eigenvalue weighted by Gasteiger charge is -2.28. The van der Waals surface area contributed by atoms with Gasteiger partial charge in [0, 0.05) is 6.04 Å². The van der Waals surface area contributed by atoms with Crippen molar-refractivity contribution in [3.05, 3.63) is 0 Å². The molecular formula is C16H30N2. The summed E-state index contributed by atoms with van der Waals surface area (Å²) in [5, 5.41) is 12.6. The Hall–Kier alpha value is -0.550. The summed E-state index contributed by atoms with van der Waals surface area (Å²) in [6.45, 7) is 7.52. The smallest absolute Gasteiger partial charge is 0.0683 e. The van der Waals surface area contributed by atoms with Crippen LogP contribution in [0.2, 0.25) is 0 Å². The molecular weight excluding hydrogens is 220 g/mol. The summed E-state index contributed by atoms with van der Waals surface area (Å²) < 4.78 is 0. The zero-order valence-corrected chi connectivity index (χ0v) is 12.5. The molecule has 0 heterocycles. The zero-order chi connectivity index (χ0) is 13.4. The SMILES string of the molecule is C[C@@H](NCCCCC(C)(C)C#N)C1CCCCC1. The van der Waals surface area contributed by atoms with Crippen molar-refractivity contribution in [1.29, 1.82) is 5.26 Å². The molecule has 0 aliphatic heterocycles. The van der Waals surface area contributed by atoms with Gasteiger partial charge in [-0.3, -0.25) is 0 Å². The molecule has 1 atom stereocenters. The minimum atomic E-state index is -0.144. The molecule has 1 fully saturated rings. The van der Waals surface area contributed by atoms with E-state index in [1.54, 1.807) is 0 Å². The van der Waals surface area contributed by atoms with E-state index >= 15 is 0 Å². The van der Waals surface area contributed by atoms with E-state index in [0.717, 1.165) is 25.3 Å². The van der Waals surface area contributed by atoms with Gasteiger partial charge in [-0.15, -0.1) is 0 Å². The predicted molar refractivity (Wildman–Crippen MR) is 77.3 cm³/mol. The van der Waals surface area contributed by atoms with Gasteiger partial charge >= 0.3 is 0 Å². The summed E-state index contributed by atoms with van der Waals surface area (Å²) in [5.41, 5.74) is -0.144. The van der Waals surface area contributed by atoms with Crippen LogP contribution in [-0.4, -0.2) is 12.6 Å². The number of rotatable bonds is 7. The molecule has 0 saturated heterocycles. The molecule has 2 heteroatoms. The first-order valence-corrected chi connectivity index (χ1v) is 7.70. The highest BCUT2D eigenvalue weighted by molar-refractivity contribution is 4.91. The lowest BCUT2D eigenvalue weighted by atomic mass is 9.84. The Balaban J connectivity index is 2.05. The normalized spacial score (nSPS) is 19.4. The summed E-state index contributed by atoms with van der Waals surface area (Å²) in [7, 11) is 0. The molecule has 104 valence electrons. The van der Waals surface area contributed by atoms with Crippen LogP contribution < -0.4 is 5.32 Å². The summed E-state index contributed by atoms with van der Waals surface area (Å²) >= 11 is 0. The van der Waals surface area contributed by atoms with Crippen LogP contribution in [0, 0.1) is 22.7 Å². The Morgan fingerprint density at radius 1 is 1.22 bits per heavy atom. The van der Waals surface area contributed by atoms with Crippen LogP contribution in [0.25, 0.3) is 0 Å². The Morgan fingerprint density at radius 2 is 1.89 bits per heavy atom. The van der Waals surface area contributed by atoms with Crippen molar-refractivity contribution in [2.45, 2.75) is 78.2 Å². The zero-order valence-electron chi connectivity index (χ0n) is 12.5. The van der Waals surface area contributed by atoms with Crippen molar-refractivity contribution in [2.24, 2.45) is 11.3 Å². The molecule has 1 aliphatic carbocycles. The first-order chi connectivity index (χ1) is 8.55. The van der Waals surface area contributed by atoms with Gasteiger partial charge in [0.15, 0.2) is 0 Å². The van der Waals surface area contributed by atoms with Crippen LogP contribution in [0.5, 0.6) is 0 Å². The van der Waals surface area contributed by atoms with Crippen LogP contribution in [0.15, 0.2) is 0 Å². The van der Waals surface area contributed by atoms with E-state index in [-0.39, 0.29) is 5.41 Å². The van der Waals surface area contributed by atoms with Gasteiger partial charge in [0.05, 0.1) is 11.5 Å². The standard InChI is InChI=1S/C16H30N2/c1-14(15-9-5-4-6-10-15)18-12-8-7-11-16(2,3)13-17/h14-15,18H,4-12H2,1-3H3/t14-/m1/s1. The van der Waals surface area contributed by atoms with Gasteiger partial charge in [0.25, 0.3) is 0 Å². The maximum atomic E-state index is 8.94. The van der Waals surface area contributed by atoms with Gasteiger partial charge in [0.2, 0.25) is 0 Å². The second-order valence-electron chi connectivity index (χ2n) is 6.59. The fourth-order valence-corrected chi connectivity index (χ4v) is 2.88. The molecule has 1 rings (SSSR count). The number of unbranched alkanes of at least 4 members (excludes halogenated alkanes) is 1. The molecule has 1 N–H and O–H groups in total. The van der Waals surface area contributed by atoms with Gasteiger partial charge in [-0.2, -0.15) is 5.26 Å². The third-order valence-electron chi connectivity index (χ3n) is 4.35. The maximum absolute atomic E-state index is 8.94. The van der Waals surface area contributed by atoms with Crippen molar-refractivity contribution in [2.75, 3.05) is 6.54 Å². The van der Waals surface area contributed by atoms with Crippen LogP contribution in [0.4, 0.5) is 0 Å². The molecule has 0 radical (unpaired) electrons. The molecule has 2 nitrogen and oxygen atoms in total. The molecule has 0 aromatic carbocycles. The van der Waals surface area contributed by atoms with E-state index in [4.69, 9.17) is 5.26 Å². The van der Waals surface area contributed by atoms with Crippen LogP contribution in [0.1, 0.15) is 72.1 Å². The quantitative estimate of drug-likeness (QED) is 0.685. The molecule has 0 bridgehead atoms. The number of nitrogens with one attached hydrogen (secondary N) is 1. The minimum absolute atomic E-state index is 0.144. The molecule has 0 amide bonds. The molecule has 18 heavy (non-hydrogen) atoms. The van der Waals surface area contributed by atoms with Gasteiger partial charge < -0.3 is 5.32 Å². The van der Waals surface area contributed by atoms with Crippen LogP contribution in [-0.2, 0) is 0 Å². The summed E-state index contributed by atoms with van der Waals surface area (Å²) in [6, 6.07) is 3.05. The van der Waals surface area contributed by atoms with Crippen molar-refractivity contribution in [3.8, 4) is 6.07 Å². The van der Waals surface area contributed by atoms with E-state index in [1.165, 1.54) is 38.5 Å². The third kappa shape index (κ3) is 5.87.